The van der Waals surface area contributed by atoms with Gasteiger partial charge in [0.1, 0.15) is 23.9 Å². The van der Waals surface area contributed by atoms with E-state index in [1.807, 2.05) is 47.4 Å². The highest BCUT2D eigenvalue weighted by Crippen LogP contribution is 2.29. The fourth-order valence-corrected chi connectivity index (χ4v) is 3.39. The van der Waals surface area contributed by atoms with Gasteiger partial charge in [-0.15, -0.1) is 0 Å². The molecular formula is C23H23N3O3. The van der Waals surface area contributed by atoms with E-state index in [0.29, 0.717) is 31.1 Å². The molecule has 148 valence electrons. The Labute approximate surface area is 170 Å². The number of amides is 1. The van der Waals surface area contributed by atoms with Crippen molar-refractivity contribution < 1.29 is 14.3 Å². The molecule has 29 heavy (non-hydrogen) atoms. The molecule has 0 spiro atoms. The number of pyridine rings is 1. The zero-order valence-corrected chi connectivity index (χ0v) is 16.3. The zero-order valence-electron chi connectivity index (χ0n) is 16.3. The largest absolute Gasteiger partial charge is 0.497 e. The van der Waals surface area contributed by atoms with Crippen LogP contribution in [-0.4, -0.2) is 37.7 Å². The Bertz CT molecular complexity index is 989. The predicted molar refractivity (Wildman–Crippen MR) is 113 cm³/mol. The Morgan fingerprint density at radius 1 is 1.10 bits per heavy atom. The normalized spacial score (nSPS) is 12.4. The van der Waals surface area contributed by atoms with Gasteiger partial charge in [-0.2, -0.15) is 0 Å². The maximum absolute atomic E-state index is 13.0. The molecule has 3 aromatic rings. The van der Waals surface area contributed by atoms with Gasteiger partial charge >= 0.3 is 0 Å². The summed E-state index contributed by atoms with van der Waals surface area (Å²) in [6.07, 6.45) is 2.54. The fraction of sp³-hybridized carbons (Fsp3) is 0.217. The van der Waals surface area contributed by atoms with E-state index in [0.717, 1.165) is 23.6 Å². The molecule has 0 unspecified atom stereocenters. The summed E-state index contributed by atoms with van der Waals surface area (Å²) >= 11 is 0. The monoisotopic (exact) mass is 389 g/mol. The highest BCUT2D eigenvalue weighted by Gasteiger charge is 2.25. The minimum Gasteiger partial charge on any atom is -0.497 e. The molecule has 1 aliphatic heterocycles. The van der Waals surface area contributed by atoms with Gasteiger partial charge in [-0.3, -0.25) is 4.79 Å². The summed E-state index contributed by atoms with van der Waals surface area (Å²) in [5.74, 6) is 2.22. The van der Waals surface area contributed by atoms with Gasteiger partial charge in [0.15, 0.2) is 0 Å². The summed E-state index contributed by atoms with van der Waals surface area (Å²) in [6.45, 7) is 1.76. The van der Waals surface area contributed by atoms with Crippen LogP contribution in [-0.2, 0) is 6.42 Å². The van der Waals surface area contributed by atoms with E-state index in [4.69, 9.17) is 9.47 Å². The molecule has 2 heterocycles. The number of aromatic nitrogens is 1. The average Bonchev–Trinajstić information content (AvgIpc) is 3.21. The minimum absolute atomic E-state index is 0.00474. The maximum atomic E-state index is 13.0. The minimum atomic E-state index is -0.00474. The number of para-hydroxylation sites is 1. The fourth-order valence-electron chi connectivity index (χ4n) is 3.39. The number of hydrogen-bond acceptors (Lipinski definition) is 5. The van der Waals surface area contributed by atoms with Crippen LogP contribution in [0.4, 0.5) is 11.5 Å². The lowest BCUT2D eigenvalue weighted by molar-refractivity contribution is 0.0989. The van der Waals surface area contributed by atoms with Gasteiger partial charge in [0.05, 0.1) is 13.7 Å². The molecule has 4 rings (SSSR count). The second-order valence-corrected chi connectivity index (χ2v) is 6.72. The van der Waals surface area contributed by atoms with Gasteiger partial charge in [-0.1, -0.05) is 18.2 Å². The third-order valence-electron chi connectivity index (χ3n) is 4.88. The van der Waals surface area contributed by atoms with E-state index in [-0.39, 0.29) is 5.91 Å². The highest BCUT2D eigenvalue weighted by molar-refractivity contribution is 6.07. The molecule has 0 radical (unpaired) electrons. The predicted octanol–water partition coefficient (Wildman–Crippen LogP) is 3.78. The maximum Gasteiger partial charge on any atom is 0.258 e. The van der Waals surface area contributed by atoms with Crippen LogP contribution in [0.5, 0.6) is 11.5 Å². The molecule has 6 heteroatoms. The van der Waals surface area contributed by atoms with Crippen LogP contribution in [0, 0.1) is 0 Å². The SMILES string of the molecule is COc1ccc(OCCNc2cc(C(=O)N3CCc4ccccc43)ccn2)cc1. The van der Waals surface area contributed by atoms with Crippen molar-refractivity contribution in [3.05, 3.63) is 78.0 Å². The number of rotatable bonds is 7. The Kier molecular flexibility index (Phi) is 5.61. The van der Waals surface area contributed by atoms with E-state index in [1.165, 1.54) is 5.56 Å². The first-order valence-corrected chi connectivity index (χ1v) is 9.61. The third kappa shape index (κ3) is 4.32. The van der Waals surface area contributed by atoms with Crippen LogP contribution in [0.2, 0.25) is 0 Å². The van der Waals surface area contributed by atoms with Crippen LogP contribution < -0.4 is 19.7 Å². The molecule has 0 bridgehead atoms. The van der Waals surface area contributed by atoms with Crippen molar-refractivity contribution in [1.29, 1.82) is 0 Å². The van der Waals surface area contributed by atoms with Crippen LogP contribution in [0.3, 0.4) is 0 Å². The molecule has 1 N–H and O–H groups in total. The highest BCUT2D eigenvalue weighted by atomic mass is 16.5. The van der Waals surface area contributed by atoms with Gasteiger partial charge < -0.3 is 19.7 Å². The Balaban J connectivity index is 1.33. The average molecular weight is 389 g/mol. The zero-order chi connectivity index (χ0) is 20.1. The molecule has 0 atom stereocenters. The number of hydrogen-bond donors (Lipinski definition) is 1. The van der Waals surface area contributed by atoms with Crippen LogP contribution in [0.1, 0.15) is 15.9 Å². The number of nitrogens with zero attached hydrogens (tertiary/aromatic N) is 2. The third-order valence-corrected chi connectivity index (χ3v) is 4.88. The van der Waals surface area contributed by atoms with E-state index >= 15 is 0 Å². The number of carbonyl (C=O) groups excluding carboxylic acids is 1. The molecule has 0 saturated carbocycles. The first-order valence-electron chi connectivity index (χ1n) is 9.61. The van der Waals surface area contributed by atoms with Gasteiger partial charge in [-0.25, -0.2) is 4.98 Å². The summed E-state index contributed by atoms with van der Waals surface area (Å²) in [6, 6.07) is 19.0. The second-order valence-electron chi connectivity index (χ2n) is 6.72. The van der Waals surface area contributed by atoms with Crippen molar-refractivity contribution in [3.8, 4) is 11.5 Å². The molecule has 2 aromatic carbocycles. The van der Waals surface area contributed by atoms with Crippen LogP contribution in [0.15, 0.2) is 66.9 Å². The Morgan fingerprint density at radius 2 is 1.90 bits per heavy atom. The lowest BCUT2D eigenvalue weighted by atomic mass is 10.2. The molecule has 0 fully saturated rings. The van der Waals surface area contributed by atoms with Crippen molar-refractivity contribution in [2.75, 3.05) is 37.0 Å². The molecular weight excluding hydrogens is 366 g/mol. The summed E-state index contributed by atoms with van der Waals surface area (Å²) in [5.41, 5.74) is 2.83. The van der Waals surface area contributed by atoms with Gasteiger partial charge in [0.2, 0.25) is 0 Å². The van der Waals surface area contributed by atoms with E-state index in [2.05, 4.69) is 16.4 Å². The van der Waals surface area contributed by atoms with Crippen molar-refractivity contribution in [3.63, 3.8) is 0 Å². The number of ether oxygens (including phenoxy) is 2. The molecule has 1 aliphatic rings. The van der Waals surface area contributed by atoms with Crippen LogP contribution in [0.25, 0.3) is 0 Å². The lowest BCUT2D eigenvalue weighted by Crippen LogP contribution is -2.29. The molecule has 0 saturated heterocycles. The number of fused-ring (bicyclic) bond motifs is 1. The molecule has 0 aliphatic carbocycles. The summed E-state index contributed by atoms with van der Waals surface area (Å²) < 4.78 is 10.8. The van der Waals surface area contributed by atoms with E-state index in [1.54, 1.807) is 25.4 Å². The number of methoxy groups -OCH3 is 1. The standard InChI is InChI=1S/C23H23N3O3/c1-28-19-6-8-20(9-7-19)29-15-13-25-22-16-18(10-12-24-22)23(27)26-14-11-17-4-2-3-5-21(17)26/h2-10,12,16H,11,13-15H2,1H3,(H,24,25). The van der Waals surface area contributed by atoms with E-state index < -0.39 is 0 Å². The molecule has 1 aromatic heterocycles. The van der Waals surface area contributed by atoms with Gasteiger partial charge in [0, 0.05) is 24.0 Å². The molecule has 6 nitrogen and oxygen atoms in total. The smallest absolute Gasteiger partial charge is 0.258 e. The Morgan fingerprint density at radius 3 is 2.72 bits per heavy atom. The van der Waals surface area contributed by atoms with Crippen LogP contribution >= 0.6 is 0 Å². The number of benzene rings is 2. The van der Waals surface area contributed by atoms with Crippen molar-refractivity contribution in [2.24, 2.45) is 0 Å². The van der Waals surface area contributed by atoms with E-state index in [9.17, 15) is 4.79 Å². The molecule has 1 amide bonds. The van der Waals surface area contributed by atoms with Gasteiger partial charge in [0.25, 0.3) is 5.91 Å². The second kappa shape index (κ2) is 8.65. The summed E-state index contributed by atoms with van der Waals surface area (Å²) in [4.78, 5) is 19.1. The quantitative estimate of drug-likeness (QED) is 0.623. The first kappa shape index (κ1) is 18.8. The number of anilines is 2. The Hall–Kier alpha value is -3.54. The van der Waals surface area contributed by atoms with Crippen molar-refractivity contribution in [2.45, 2.75) is 6.42 Å². The number of carbonyl (C=O) groups is 1. The van der Waals surface area contributed by atoms with Crippen molar-refractivity contribution in [1.82, 2.24) is 4.98 Å². The topological polar surface area (TPSA) is 63.7 Å². The van der Waals surface area contributed by atoms with Gasteiger partial charge in [-0.05, 0) is 54.4 Å². The number of nitrogens with one attached hydrogen (secondary N) is 1. The summed E-state index contributed by atoms with van der Waals surface area (Å²) in [7, 11) is 1.63. The first-order chi connectivity index (χ1) is 14.2. The summed E-state index contributed by atoms with van der Waals surface area (Å²) in [5, 5.41) is 3.21. The lowest BCUT2D eigenvalue weighted by Gasteiger charge is -2.17. The van der Waals surface area contributed by atoms with Crippen molar-refractivity contribution >= 4 is 17.4 Å².